The highest BCUT2D eigenvalue weighted by Gasteiger charge is 2.29. The van der Waals surface area contributed by atoms with Gasteiger partial charge in [-0.2, -0.15) is 0 Å². The summed E-state index contributed by atoms with van der Waals surface area (Å²) in [6.45, 7) is 0. The highest BCUT2D eigenvalue weighted by molar-refractivity contribution is 6.06. The van der Waals surface area contributed by atoms with Crippen LogP contribution < -0.4 is 16.2 Å². The maximum Gasteiger partial charge on any atom is 0.336 e. The molecule has 0 heterocycles. The Morgan fingerprint density at radius 3 is 2.00 bits per heavy atom. The molecule has 138 valence electrons. The van der Waals surface area contributed by atoms with Crippen LogP contribution in [0.4, 0.5) is 5.69 Å². The number of hydrogen-bond acceptors (Lipinski definition) is 4. The smallest absolute Gasteiger partial charge is 0.336 e. The van der Waals surface area contributed by atoms with Crippen LogP contribution in [-0.4, -0.2) is 28.8 Å². The first kappa shape index (κ1) is 18.1. The van der Waals surface area contributed by atoms with Gasteiger partial charge in [0, 0.05) is 17.2 Å². The summed E-state index contributed by atoms with van der Waals surface area (Å²) in [6, 6.07) is 11.9. The molecule has 27 heavy (non-hydrogen) atoms. The van der Waals surface area contributed by atoms with E-state index in [0.29, 0.717) is 5.69 Å². The van der Waals surface area contributed by atoms with Crippen molar-refractivity contribution in [2.75, 3.05) is 5.32 Å². The zero-order valence-electron chi connectivity index (χ0n) is 14.2. The molecule has 0 aliphatic heterocycles. The minimum atomic E-state index is -1.24. The van der Waals surface area contributed by atoms with E-state index in [1.165, 1.54) is 36.4 Å². The summed E-state index contributed by atoms with van der Waals surface area (Å²) < 4.78 is 0. The second-order valence-electron chi connectivity index (χ2n) is 6.10. The molecule has 0 bridgehead atoms. The molecule has 0 unspecified atom stereocenters. The molecule has 0 saturated heterocycles. The second kappa shape index (κ2) is 7.69. The first-order valence-electron chi connectivity index (χ1n) is 8.29. The maximum atomic E-state index is 12.1. The molecule has 1 fully saturated rings. The summed E-state index contributed by atoms with van der Waals surface area (Å²) in [5.74, 6) is -2.50. The van der Waals surface area contributed by atoms with Gasteiger partial charge in [-0.05, 0) is 49.2 Å². The van der Waals surface area contributed by atoms with Crippen molar-refractivity contribution < 1.29 is 24.3 Å². The van der Waals surface area contributed by atoms with Crippen molar-refractivity contribution in [2.45, 2.75) is 12.8 Å². The Kier molecular flexibility index (Phi) is 5.16. The summed E-state index contributed by atoms with van der Waals surface area (Å²) >= 11 is 0. The third kappa shape index (κ3) is 4.49. The molecule has 0 aromatic heterocycles. The molecule has 1 aliphatic rings. The Morgan fingerprint density at radius 2 is 1.41 bits per heavy atom. The lowest BCUT2D eigenvalue weighted by atomic mass is 10.1. The summed E-state index contributed by atoms with van der Waals surface area (Å²) in [4.78, 5) is 47.1. The zero-order chi connectivity index (χ0) is 19.4. The van der Waals surface area contributed by atoms with Gasteiger partial charge in [-0.3, -0.25) is 25.2 Å². The van der Waals surface area contributed by atoms with Crippen LogP contribution in [0, 0.1) is 5.92 Å². The molecule has 3 rings (SSSR count). The second-order valence-corrected chi connectivity index (χ2v) is 6.10. The first-order valence-corrected chi connectivity index (χ1v) is 8.29. The predicted octanol–water partition coefficient (Wildman–Crippen LogP) is 1.81. The van der Waals surface area contributed by atoms with Crippen LogP contribution in [0.3, 0.4) is 0 Å². The van der Waals surface area contributed by atoms with Gasteiger partial charge in [0.05, 0.1) is 11.1 Å². The molecular formula is C19H17N3O5. The van der Waals surface area contributed by atoms with Gasteiger partial charge in [-0.25, -0.2) is 4.79 Å². The van der Waals surface area contributed by atoms with E-state index in [9.17, 15) is 19.2 Å². The number of carbonyl (C=O) groups is 4. The number of nitrogens with one attached hydrogen (secondary N) is 3. The van der Waals surface area contributed by atoms with Crippen LogP contribution in [0.15, 0.2) is 48.5 Å². The van der Waals surface area contributed by atoms with Gasteiger partial charge < -0.3 is 10.4 Å². The van der Waals surface area contributed by atoms with Crippen LogP contribution in [0.2, 0.25) is 0 Å². The van der Waals surface area contributed by atoms with E-state index in [0.717, 1.165) is 12.8 Å². The lowest BCUT2D eigenvalue weighted by Gasteiger charge is -2.10. The number of benzene rings is 2. The van der Waals surface area contributed by atoms with Crippen LogP contribution in [-0.2, 0) is 4.79 Å². The molecule has 1 aliphatic carbocycles. The number of carboxylic acid groups (broad SMARTS) is 1. The molecule has 8 nitrogen and oxygen atoms in total. The summed E-state index contributed by atoms with van der Waals surface area (Å²) in [5, 5.41) is 11.9. The summed E-state index contributed by atoms with van der Waals surface area (Å²) in [6.07, 6.45) is 1.80. The Labute approximate surface area is 154 Å². The highest BCUT2D eigenvalue weighted by Crippen LogP contribution is 2.30. The minimum Gasteiger partial charge on any atom is -0.478 e. The van der Waals surface area contributed by atoms with E-state index in [1.54, 1.807) is 12.1 Å². The SMILES string of the molecule is O=C(NNC(=O)c1ccccc1C(=O)O)c1ccc(NC(=O)C2CC2)cc1. The summed E-state index contributed by atoms with van der Waals surface area (Å²) in [7, 11) is 0. The van der Waals surface area contributed by atoms with Crippen molar-refractivity contribution in [3.05, 3.63) is 65.2 Å². The Morgan fingerprint density at radius 1 is 0.815 bits per heavy atom. The number of carbonyl (C=O) groups excluding carboxylic acids is 3. The van der Waals surface area contributed by atoms with Crippen molar-refractivity contribution in [2.24, 2.45) is 5.92 Å². The number of amides is 3. The quantitative estimate of drug-likeness (QED) is 0.600. The predicted molar refractivity (Wildman–Crippen MR) is 96.1 cm³/mol. The van der Waals surface area contributed by atoms with Crippen LogP contribution >= 0.6 is 0 Å². The van der Waals surface area contributed by atoms with E-state index in [4.69, 9.17) is 5.11 Å². The normalized spacial score (nSPS) is 12.7. The van der Waals surface area contributed by atoms with Gasteiger partial charge in [-0.1, -0.05) is 12.1 Å². The number of carboxylic acids is 1. The van der Waals surface area contributed by atoms with Gasteiger partial charge in [0.15, 0.2) is 0 Å². The van der Waals surface area contributed by atoms with E-state index < -0.39 is 17.8 Å². The van der Waals surface area contributed by atoms with Crippen molar-refractivity contribution in [1.29, 1.82) is 0 Å². The molecule has 0 atom stereocenters. The van der Waals surface area contributed by atoms with E-state index in [1.807, 2.05) is 0 Å². The Balaban J connectivity index is 1.58. The molecule has 8 heteroatoms. The number of hydrogen-bond donors (Lipinski definition) is 4. The van der Waals surface area contributed by atoms with Gasteiger partial charge >= 0.3 is 5.97 Å². The van der Waals surface area contributed by atoms with Gasteiger partial charge in [0.2, 0.25) is 5.91 Å². The van der Waals surface area contributed by atoms with E-state index in [-0.39, 0.29) is 28.5 Å². The monoisotopic (exact) mass is 367 g/mol. The highest BCUT2D eigenvalue weighted by atomic mass is 16.4. The van der Waals surface area contributed by atoms with E-state index in [2.05, 4.69) is 16.2 Å². The van der Waals surface area contributed by atoms with Gasteiger partial charge in [-0.15, -0.1) is 0 Å². The molecule has 0 radical (unpaired) electrons. The van der Waals surface area contributed by atoms with Crippen LogP contribution in [0.25, 0.3) is 0 Å². The molecule has 1 saturated carbocycles. The average Bonchev–Trinajstić information content (AvgIpc) is 3.51. The number of hydrazine groups is 1. The lowest BCUT2D eigenvalue weighted by molar-refractivity contribution is -0.117. The average molecular weight is 367 g/mol. The van der Waals surface area contributed by atoms with Crippen molar-refractivity contribution in [1.82, 2.24) is 10.9 Å². The molecule has 2 aromatic rings. The van der Waals surface area contributed by atoms with Crippen LogP contribution in [0.1, 0.15) is 43.9 Å². The Bertz CT molecular complexity index is 904. The van der Waals surface area contributed by atoms with Crippen molar-refractivity contribution in [3.8, 4) is 0 Å². The standard InChI is InChI=1S/C19H17N3O5/c23-16(11-5-6-11)20-13-9-7-12(8-10-13)17(24)21-22-18(25)14-3-1-2-4-15(14)19(26)27/h1-4,7-11H,5-6H2,(H,20,23)(H,21,24)(H,22,25)(H,26,27). The minimum absolute atomic E-state index is 0.0310. The molecule has 0 spiro atoms. The lowest BCUT2D eigenvalue weighted by Crippen LogP contribution is -2.42. The molecule has 3 amide bonds. The third-order valence-electron chi connectivity index (χ3n) is 4.05. The number of aromatic carboxylic acids is 1. The number of anilines is 1. The number of rotatable bonds is 5. The van der Waals surface area contributed by atoms with Crippen LogP contribution in [0.5, 0.6) is 0 Å². The third-order valence-corrected chi connectivity index (χ3v) is 4.05. The fraction of sp³-hybridized carbons (Fsp3) is 0.158. The maximum absolute atomic E-state index is 12.1. The fourth-order valence-electron chi connectivity index (χ4n) is 2.42. The molecule has 4 N–H and O–H groups in total. The molecular weight excluding hydrogens is 350 g/mol. The molecule has 2 aromatic carbocycles. The largest absolute Gasteiger partial charge is 0.478 e. The van der Waals surface area contributed by atoms with Gasteiger partial charge in [0.25, 0.3) is 11.8 Å². The van der Waals surface area contributed by atoms with Crippen molar-refractivity contribution in [3.63, 3.8) is 0 Å². The van der Waals surface area contributed by atoms with Crippen molar-refractivity contribution >= 4 is 29.4 Å². The first-order chi connectivity index (χ1) is 13.0. The Hall–Kier alpha value is -3.68. The zero-order valence-corrected chi connectivity index (χ0v) is 14.2. The van der Waals surface area contributed by atoms with Gasteiger partial charge in [0.1, 0.15) is 0 Å². The fourth-order valence-corrected chi connectivity index (χ4v) is 2.42. The van der Waals surface area contributed by atoms with E-state index >= 15 is 0 Å². The summed E-state index contributed by atoms with van der Waals surface area (Å²) in [5.41, 5.74) is 5.05. The topological polar surface area (TPSA) is 125 Å².